The molecule has 1 amide bonds. The molecule has 0 aliphatic rings. The van der Waals surface area contributed by atoms with E-state index in [0.29, 0.717) is 31.7 Å². The lowest BCUT2D eigenvalue weighted by Gasteiger charge is -2.07. The van der Waals surface area contributed by atoms with Crippen molar-refractivity contribution in [1.82, 2.24) is 0 Å². The minimum Gasteiger partial charge on any atom is -0.438 e. The quantitative estimate of drug-likeness (QED) is 0.660. The molecule has 1 heterocycles. The molecule has 23 heavy (non-hydrogen) atoms. The van der Waals surface area contributed by atoms with Gasteiger partial charge in [-0.05, 0) is 42.5 Å². The van der Waals surface area contributed by atoms with E-state index in [1.165, 1.54) is 6.07 Å². The first kappa shape index (κ1) is 15.9. The average molecular weight is 368 g/mol. The van der Waals surface area contributed by atoms with Crippen molar-refractivity contribution in [2.24, 2.45) is 0 Å². The number of carbonyl (C=O) groups excluding carboxylic acids is 1. The van der Waals surface area contributed by atoms with Crippen molar-refractivity contribution < 1.29 is 9.21 Å². The third kappa shape index (κ3) is 3.34. The van der Waals surface area contributed by atoms with Crippen molar-refractivity contribution in [1.29, 1.82) is 5.41 Å². The van der Waals surface area contributed by atoms with Crippen molar-refractivity contribution in [3.63, 3.8) is 0 Å². The maximum atomic E-state index is 12.4. The first-order valence-corrected chi connectivity index (χ1v) is 7.62. The van der Waals surface area contributed by atoms with Gasteiger partial charge in [0, 0.05) is 16.1 Å². The molecule has 0 spiro atoms. The molecular weight excluding hydrogens is 359 g/mol. The zero-order valence-corrected chi connectivity index (χ0v) is 13.8. The number of amides is 1. The van der Waals surface area contributed by atoms with Crippen molar-refractivity contribution in [3.8, 4) is 0 Å². The van der Waals surface area contributed by atoms with E-state index in [1.807, 2.05) is 0 Å². The highest BCUT2D eigenvalue weighted by Gasteiger charge is 2.13. The van der Waals surface area contributed by atoms with Gasteiger partial charge in [-0.15, -0.1) is 0 Å². The third-order valence-electron chi connectivity index (χ3n) is 3.15. The fourth-order valence-corrected chi connectivity index (χ4v) is 2.53. The predicted octanol–water partition coefficient (Wildman–Crippen LogP) is 5.12. The zero-order valence-electron chi connectivity index (χ0n) is 11.5. The molecule has 7 heteroatoms. The Labute approximate surface area is 146 Å². The molecular formula is C16H9Cl3N2O2. The van der Waals surface area contributed by atoms with E-state index in [4.69, 9.17) is 44.6 Å². The molecule has 0 saturated heterocycles. The van der Waals surface area contributed by atoms with Crippen molar-refractivity contribution >= 4 is 57.4 Å². The van der Waals surface area contributed by atoms with E-state index in [0.717, 1.165) is 0 Å². The van der Waals surface area contributed by atoms with Gasteiger partial charge < -0.3 is 9.73 Å². The largest absolute Gasteiger partial charge is 0.438 e. The van der Waals surface area contributed by atoms with Gasteiger partial charge in [0.1, 0.15) is 11.1 Å². The van der Waals surface area contributed by atoms with Gasteiger partial charge in [-0.1, -0.05) is 34.8 Å². The Morgan fingerprint density at radius 1 is 1.00 bits per heavy atom. The highest BCUT2D eigenvalue weighted by atomic mass is 35.5. The van der Waals surface area contributed by atoms with E-state index in [2.05, 4.69) is 5.32 Å². The third-order valence-corrected chi connectivity index (χ3v) is 4.12. The Balaban J connectivity index is 1.98. The summed E-state index contributed by atoms with van der Waals surface area (Å²) in [6.45, 7) is 0. The Kier molecular flexibility index (Phi) is 4.31. The number of anilines is 1. The molecule has 0 saturated carbocycles. The summed E-state index contributed by atoms with van der Waals surface area (Å²) >= 11 is 17.7. The summed E-state index contributed by atoms with van der Waals surface area (Å²) in [5.74, 6) is -0.487. The summed E-state index contributed by atoms with van der Waals surface area (Å²) in [4.78, 5) is 12.4. The second-order valence-electron chi connectivity index (χ2n) is 4.75. The predicted molar refractivity (Wildman–Crippen MR) is 91.5 cm³/mol. The molecule has 3 aromatic rings. The van der Waals surface area contributed by atoms with Crippen molar-refractivity contribution in [2.45, 2.75) is 0 Å². The van der Waals surface area contributed by atoms with Crippen molar-refractivity contribution in [3.05, 3.63) is 68.6 Å². The monoisotopic (exact) mass is 366 g/mol. The van der Waals surface area contributed by atoms with E-state index < -0.39 is 5.91 Å². The highest BCUT2D eigenvalue weighted by Crippen LogP contribution is 2.25. The SMILES string of the molecule is N=c1oc2ccc(Cl)cc2cc1C(=O)Nc1ccc(Cl)c(Cl)c1. The zero-order chi connectivity index (χ0) is 16.6. The van der Waals surface area contributed by atoms with Crippen LogP contribution in [0.1, 0.15) is 10.4 Å². The van der Waals surface area contributed by atoms with E-state index in [1.54, 1.807) is 36.4 Å². The number of nitrogens with one attached hydrogen (secondary N) is 2. The first-order valence-electron chi connectivity index (χ1n) is 6.48. The van der Waals surface area contributed by atoms with Gasteiger partial charge in [0.05, 0.1) is 10.0 Å². The summed E-state index contributed by atoms with van der Waals surface area (Å²) in [6, 6.07) is 11.2. The molecule has 4 nitrogen and oxygen atoms in total. The summed E-state index contributed by atoms with van der Waals surface area (Å²) in [5, 5.41) is 12.4. The van der Waals surface area contributed by atoms with Crippen LogP contribution in [0.5, 0.6) is 0 Å². The molecule has 116 valence electrons. The van der Waals surface area contributed by atoms with Gasteiger partial charge in [-0.2, -0.15) is 0 Å². The van der Waals surface area contributed by atoms with Crippen LogP contribution < -0.4 is 10.9 Å². The number of halogens is 3. The molecule has 0 radical (unpaired) electrons. The minimum absolute atomic E-state index is 0.0887. The molecule has 0 atom stereocenters. The van der Waals surface area contributed by atoms with Crippen LogP contribution in [0.4, 0.5) is 5.69 Å². The number of fused-ring (bicyclic) bond motifs is 1. The Bertz CT molecular complexity index is 983. The smallest absolute Gasteiger partial charge is 0.261 e. The van der Waals surface area contributed by atoms with Gasteiger partial charge in [-0.3, -0.25) is 10.2 Å². The molecule has 0 fully saturated rings. The number of benzene rings is 2. The fraction of sp³-hybridized carbons (Fsp3) is 0. The Morgan fingerprint density at radius 3 is 2.52 bits per heavy atom. The molecule has 1 aromatic heterocycles. The van der Waals surface area contributed by atoms with Crippen LogP contribution in [0.25, 0.3) is 11.0 Å². The Morgan fingerprint density at radius 2 is 1.78 bits per heavy atom. The molecule has 3 rings (SSSR count). The minimum atomic E-state index is -0.487. The van der Waals surface area contributed by atoms with Crippen LogP contribution in [-0.4, -0.2) is 5.91 Å². The van der Waals surface area contributed by atoms with Crippen LogP contribution in [0.2, 0.25) is 15.1 Å². The van der Waals surface area contributed by atoms with E-state index >= 15 is 0 Å². The Hall–Kier alpha value is -2.01. The molecule has 2 aromatic carbocycles. The lowest BCUT2D eigenvalue weighted by atomic mass is 10.1. The standard InChI is InChI=1S/C16H9Cl3N2O2/c17-9-1-4-14-8(5-9)6-11(15(20)23-14)16(22)21-10-2-3-12(18)13(19)7-10/h1-7,20H,(H,21,22). The maximum Gasteiger partial charge on any atom is 0.261 e. The van der Waals surface area contributed by atoms with Crippen molar-refractivity contribution in [2.75, 3.05) is 5.32 Å². The van der Waals surface area contributed by atoms with Crippen LogP contribution in [-0.2, 0) is 0 Å². The number of rotatable bonds is 2. The van der Waals surface area contributed by atoms with Crippen LogP contribution in [0, 0.1) is 5.41 Å². The topological polar surface area (TPSA) is 66.1 Å². The lowest BCUT2D eigenvalue weighted by Crippen LogP contribution is -2.20. The fourth-order valence-electron chi connectivity index (χ4n) is 2.05. The first-order chi connectivity index (χ1) is 10.9. The second-order valence-corrected chi connectivity index (χ2v) is 6.01. The summed E-state index contributed by atoms with van der Waals surface area (Å²) in [6.07, 6.45) is 0. The van der Waals surface area contributed by atoms with Crippen LogP contribution >= 0.6 is 34.8 Å². The van der Waals surface area contributed by atoms with E-state index in [9.17, 15) is 4.79 Å². The average Bonchev–Trinajstić information content (AvgIpc) is 2.50. The van der Waals surface area contributed by atoms with Crippen LogP contribution in [0.3, 0.4) is 0 Å². The summed E-state index contributed by atoms with van der Waals surface area (Å²) in [7, 11) is 0. The molecule has 0 aliphatic carbocycles. The number of hydrogen-bond acceptors (Lipinski definition) is 3. The molecule has 2 N–H and O–H groups in total. The van der Waals surface area contributed by atoms with Crippen LogP contribution in [0.15, 0.2) is 46.9 Å². The maximum absolute atomic E-state index is 12.4. The normalized spacial score (nSPS) is 10.7. The van der Waals surface area contributed by atoms with Gasteiger partial charge in [-0.25, -0.2) is 0 Å². The lowest BCUT2D eigenvalue weighted by molar-refractivity contribution is 0.102. The highest BCUT2D eigenvalue weighted by molar-refractivity contribution is 6.42. The second kappa shape index (κ2) is 6.24. The molecule has 0 unspecified atom stereocenters. The number of carbonyl (C=O) groups is 1. The van der Waals surface area contributed by atoms with Gasteiger partial charge in [0.2, 0.25) is 5.55 Å². The van der Waals surface area contributed by atoms with Gasteiger partial charge in [0.15, 0.2) is 0 Å². The number of hydrogen-bond donors (Lipinski definition) is 2. The van der Waals surface area contributed by atoms with Gasteiger partial charge >= 0.3 is 0 Å². The summed E-state index contributed by atoms with van der Waals surface area (Å²) < 4.78 is 5.35. The molecule has 0 aliphatic heterocycles. The molecule has 0 bridgehead atoms. The summed E-state index contributed by atoms with van der Waals surface area (Å²) in [5.41, 5.74) is 0.795. The van der Waals surface area contributed by atoms with Gasteiger partial charge in [0.25, 0.3) is 5.91 Å². The van der Waals surface area contributed by atoms with E-state index in [-0.39, 0.29) is 11.1 Å².